The number of pyridine rings is 1. The van der Waals surface area contributed by atoms with E-state index in [1.54, 1.807) is 36.3 Å². The Balaban J connectivity index is 1.39. The summed E-state index contributed by atoms with van der Waals surface area (Å²) >= 11 is 1.69. The molecular weight excluding hydrogens is 518 g/mol. The van der Waals surface area contributed by atoms with Crippen LogP contribution in [-0.2, 0) is 6.42 Å². The summed E-state index contributed by atoms with van der Waals surface area (Å²) in [6.07, 6.45) is 28.1. The number of carbonyl (C=O) groups excluding carboxylic acids is 1. The molecule has 5 rings (SSSR count). The fourth-order valence-corrected chi connectivity index (χ4v) is 6.12. The zero-order valence-corrected chi connectivity index (χ0v) is 23.4. The van der Waals surface area contributed by atoms with Crippen molar-refractivity contribution in [2.45, 2.75) is 38.5 Å². The number of hydrogen-bond acceptors (Lipinski definition) is 6. The van der Waals surface area contributed by atoms with Gasteiger partial charge in [0.15, 0.2) is 0 Å². The SMILES string of the molecule is O=C(Nc1cccnc1)Oc1ccc(OCC2=NC/C=C\C=C/CS2)cc1CC1(C2=CC=CC=CC2)CCCC1. The summed E-state index contributed by atoms with van der Waals surface area (Å²) in [5.41, 5.74) is 3.01. The van der Waals surface area contributed by atoms with Crippen molar-refractivity contribution < 1.29 is 14.3 Å². The number of ether oxygens (including phenoxy) is 2. The van der Waals surface area contributed by atoms with E-state index in [1.165, 1.54) is 18.4 Å². The van der Waals surface area contributed by atoms with E-state index in [0.29, 0.717) is 24.6 Å². The van der Waals surface area contributed by atoms with E-state index < -0.39 is 6.09 Å². The highest BCUT2D eigenvalue weighted by Crippen LogP contribution is 2.49. The Hall–Kier alpha value is -3.84. The molecule has 1 fully saturated rings. The van der Waals surface area contributed by atoms with Gasteiger partial charge in [0.05, 0.1) is 18.4 Å². The van der Waals surface area contributed by atoms with Crippen molar-refractivity contribution in [2.75, 3.05) is 24.2 Å². The highest BCUT2D eigenvalue weighted by molar-refractivity contribution is 8.14. The van der Waals surface area contributed by atoms with Crippen LogP contribution >= 0.6 is 11.8 Å². The quantitative estimate of drug-likeness (QED) is 0.360. The number of allylic oxidation sites excluding steroid dienone is 8. The molecule has 1 aliphatic heterocycles. The van der Waals surface area contributed by atoms with Gasteiger partial charge in [-0.25, -0.2) is 4.79 Å². The molecule has 1 aromatic carbocycles. The van der Waals surface area contributed by atoms with E-state index in [0.717, 1.165) is 47.8 Å². The number of carbonyl (C=O) groups is 1. The van der Waals surface area contributed by atoms with E-state index in [9.17, 15) is 4.79 Å². The number of anilines is 1. The molecule has 40 heavy (non-hydrogen) atoms. The average molecular weight is 554 g/mol. The molecule has 0 saturated heterocycles. The molecule has 3 aliphatic rings. The standard InChI is InChI=1S/C33H35N3O3S/c37-32(36-28-14-11-19-34-24-28)39-30-16-15-29(38-25-31-35-20-9-3-4-10-21-40-31)22-26(30)23-33(17-7-8-18-33)27-12-5-1-2-6-13-27/h1-6,9-12,14-16,19,22,24H,7-8,13,17-18,20-21,23,25H2,(H,36,37)/b9-3-,10-4-,35-31?. The van der Waals surface area contributed by atoms with Gasteiger partial charge < -0.3 is 9.47 Å². The van der Waals surface area contributed by atoms with Crippen LogP contribution in [-0.4, -0.2) is 35.0 Å². The summed E-state index contributed by atoms with van der Waals surface area (Å²) in [4.78, 5) is 21.6. The number of aromatic nitrogens is 1. The molecule has 1 aromatic heterocycles. The van der Waals surface area contributed by atoms with E-state index in [-0.39, 0.29) is 5.41 Å². The van der Waals surface area contributed by atoms with Crippen LogP contribution in [0.1, 0.15) is 37.7 Å². The van der Waals surface area contributed by atoms with Crippen molar-refractivity contribution in [3.63, 3.8) is 0 Å². The fourth-order valence-electron chi connectivity index (χ4n) is 5.41. The third kappa shape index (κ3) is 7.63. The molecule has 1 saturated carbocycles. The molecule has 2 aliphatic carbocycles. The van der Waals surface area contributed by atoms with Crippen molar-refractivity contribution in [3.05, 3.63) is 109 Å². The maximum Gasteiger partial charge on any atom is 0.417 e. The van der Waals surface area contributed by atoms with Gasteiger partial charge in [-0.15, -0.1) is 11.8 Å². The van der Waals surface area contributed by atoms with Crippen LogP contribution < -0.4 is 14.8 Å². The van der Waals surface area contributed by atoms with Crippen LogP contribution in [0.5, 0.6) is 11.5 Å². The maximum absolute atomic E-state index is 12.9. The normalized spacial score (nSPS) is 19.7. The Bertz CT molecular complexity index is 1350. The van der Waals surface area contributed by atoms with E-state index in [1.807, 2.05) is 30.4 Å². The van der Waals surface area contributed by atoms with E-state index in [2.05, 4.69) is 57.8 Å². The first-order chi connectivity index (χ1) is 19.7. The maximum atomic E-state index is 12.9. The van der Waals surface area contributed by atoms with Crippen molar-refractivity contribution in [2.24, 2.45) is 10.4 Å². The number of hydrogen-bond donors (Lipinski definition) is 1. The lowest BCUT2D eigenvalue weighted by molar-refractivity contribution is 0.214. The Morgan fingerprint density at radius 2 is 1.90 bits per heavy atom. The Morgan fingerprint density at radius 3 is 2.77 bits per heavy atom. The highest BCUT2D eigenvalue weighted by Gasteiger charge is 2.38. The average Bonchev–Trinajstić information content (AvgIpc) is 3.33. The number of rotatable bonds is 8. The van der Waals surface area contributed by atoms with Crippen LogP contribution in [0.4, 0.5) is 10.5 Å². The Labute approximate surface area is 240 Å². The molecular formula is C33H35N3O3S. The van der Waals surface area contributed by atoms with Crippen LogP contribution in [0.3, 0.4) is 0 Å². The topological polar surface area (TPSA) is 72.8 Å². The van der Waals surface area contributed by atoms with E-state index >= 15 is 0 Å². The molecule has 2 heterocycles. The molecule has 1 N–H and O–H groups in total. The second-order valence-electron chi connectivity index (χ2n) is 10.1. The highest BCUT2D eigenvalue weighted by atomic mass is 32.2. The largest absolute Gasteiger partial charge is 0.487 e. The molecule has 0 atom stereocenters. The number of amides is 1. The molecule has 1 amide bonds. The number of benzene rings is 1. The zero-order chi connectivity index (χ0) is 27.5. The fraction of sp³-hybridized carbons (Fsp3) is 0.303. The van der Waals surface area contributed by atoms with Crippen molar-refractivity contribution in [1.29, 1.82) is 0 Å². The minimum absolute atomic E-state index is 0.0198. The Kier molecular flexibility index (Phi) is 9.69. The zero-order valence-electron chi connectivity index (χ0n) is 22.6. The predicted molar refractivity (Wildman–Crippen MR) is 164 cm³/mol. The molecule has 206 valence electrons. The molecule has 0 bridgehead atoms. The molecule has 0 radical (unpaired) electrons. The first-order valence-electron chi connectivity index (χ1n) is 13.9. The first kappa shape index (κ1) is 27.7. The van der Waals surface area contributed by atoms with Gasteiger partial charge in [0.25, 0.3) is 0 Å². The lowest BCUT2D eigenvalue weighted by Gasteiger charge is -2.33. The van der Waals surface area contributed by atoms with Gasteiger partial charge >= 0.3 is 6.09 Å². The lowest BCUT2D eigenvalue weighted by Crippen LogP contribution is -2.24. The molecule has 0 spiro atoms. The molecule has 0 unspecified atom stereocenters. The minimum atomic E-state index is -0.541. The summed E-state index contributed by atoms with van der Waals surface area (Å²) in [6, 6.07) is 9.31. The number of thioether (sulfide) groups is 1. The number of aliphatic imine (C=N–C) groups is 1. The van der Waals surface area contributed by atoms with Crippen LogP contribution in [0.25, 0.3) is 0 Å². The van der Waals surface area contributed by atoms with Gasteiger partial charge in [-0.1, -0.05) is 73.1 Å². The predicted octanol–water partition coefficient (Wildman–Crippen LogP) is 7.87. The first-order valence-corrected chi connectivity index (χ1v) is 14.8. The van der Waals surface area contributed by atoms with Crippen LogP contribution in [0.2, 0.25) is 0 Å². The van der Waals surface area contributed by atoms with Gasteiger partial charge in [-0.3, -0.25) is 15.3 Å². The third-order valence-corrected chi connectivity index (χ3v) is 8.31. The van der Waals surface area contributed by atoms with Crippen molar-refractivity contribution >= 4 is 28.6 Å². The Morgan fingerprint density at radius 1 is 1.02 bits per heavy atom. The molecule has 6 nitrogen and oxygen atoms in total. The number of nitrogens with zero attached hydrogens (tertiary/aromatic N) is 2. The molecule has 7 heteroatoms. The summed E-state index contributed by atoms with van der Waals surface area (Å²) < 4.78 is 12.1. The summed E-state index contributed by atoms with van der Waals surface area (Å²) in [7, 11) is 0. The van der Waals surface area contributed by atoms with Gasteiger partial charge in [0.1, 0.15) is 23.1 Å². The third-order valence-electron chi connectivity index (χ3n) is 7.37. The second kappa shape index (κ2) is 14.0. The van der Waals surface area contributed by atoms with Crippen molar-refractivity contribution in [1.82, 2.24) is 4.98 Å². The van der Waals surface area contributed by atoms with Crippen LogP contribution in [0, 0.1) is 5.41 Å². The second-order valence-corrected chi connectivity index (χ2v) is 11.2. The monoisotopic (exact) mass is 553 g/mol. The minimum Gasteiger partial charge on any atom is -0.487 e. The summed E-state index contributed by atoms with van der Waals surface area (Å²) in [6.45, 7) is 1.04. The van der Waals surface area contributed by atoms with Crippen molar-refractivity contribution in [3.8, 4) is 11.5 Å². The van der Waals surface area contributed by atoms with Gasteiger partial charge in [-0.2, -0.15) is 0 Å². The number of nitrogens with one attached hydrogen (secondary N) is 1. The lowest BCUT2D eigenvalue weighted by atomic mass is 9.72. The van der Waals surface area contributed by atoms with Gasteiger partial charge in [0, 0.05) is 11.9 Å². The van der Waals surface area contributed by atoms with Gasteiger partial charge in [-0.05, 0) is 67.0 Å². The summed E-state index contributed by atoms with van der Waals surface area (Å²) in [5.74, 6) is 2.15. The summed E-state index contributed by atoms with van der Waals surface area (Å²) in [5, 5.41) is 3.74. The van der Waals surface area contributed by atoms with E-state index in [4.69, 9.17) is 9.47 Å². The van der Waals surface area contributed by atoms with Crippen LogP contribution in [0.15, 0.2) is 108 Å². The smallest absolute Gasteiger partial charge is 0.417 e. The molecule has 2 aromatic rings. The van der Waals surface area contributed by atoms with Gasteiger partial charge in [0.2, 0.25) is 0 Å².